The third-order valence-electron chi connectivity index (χ3n) is 2.95. The van der Waals surface area contributed by atoms with Crippen LogP contribution in [0.5, 0.6) is 0 Å². The van der Waals surface area contributed by atoms with Crippen LogP contribution in [0, 0.1) is 5.92 Å². The van der Waals surface area contributed by atoms with Gasteiger partial charge < -0.3 is 0 Å². The molecular weight excluding hydrogens is 168 g/mol. The fraction of sp³-hybridized carbons (Fsp3) is 0.429. The second-order valence-corrected chi connectivity index (χ2v) is 4.63. The van der Waals surface area contributed by atoms with Crippen molar-refractivity contribution in [2.24, 2.45) is 5.92 Å². The zero-order valence-corrected chi connectivity index (χ0v) is 9.25. The summed E-state index contributed by atoms with van der Waals surface area (Å²) in [6, 6.07) is 6.85. The summed E-state index contributed by atoms with van der Waals surface area (Å²) in [5.74, 6) is 1.33. The normalized spacial score (nSPS) is 19.9. The van der Waals surface area contributed by atoms with Crippen LogP contribution < -0.4 is 10.4 Å². The molecule has 0 heteroatoms. The number of fused-ring (bicyclic) bond motifs is 1. The van der Waals surface area contributed by atoms with E-state index in [1.165, 1.54) is 22.4 Å². The second-order valence-electron chi connectivity index (χ2n) is 4.63. The first kappa shape index (κ1) is 9.51. The minimum atomic E-state index is 0.630. The molecule has 2 rings (SSSR count). The SMILES string of the molecule is CC1C=c2cc(C(C)C)ccc2=CC1. The maximum absolute atomic E-state index is 2.39. The molecule has 74 valence electrons. The van der Waals surface area contributed by atoms with E-state index in [9.17, 15) is 0 Å². The third-order valence-corrected chi connectivity index (χ3v) is 2.95. The summed E-state index contributed by atoms with van der Waals surface area (Å²) < 4.78 is 0. The van der Waals surface area contributed by atoms with Gasteiger partial charge in [0.15, 0.2) is 0 Å². The summed E-state index contributed by atoms with van der Waals surface area (Å²) in [6.45, 7) is 6.77. The zero-order valence-electron chi connectivity index (χ0n) is 9.25. The average molecular weight is 186 g/mol. The molecule has 1 aromatic carbocycles. The summed E-state index contributed by atoms with van der Waals surface area (Å²) in [7, 11) is 0. The molecule has 1 aromatic rings. The van der Waals surface area contributed by atoms with Gasteiger partial charge in [-0.25, -0.2) is 0 Å². The Morgan fingerprint density at radius 3 is 2.71 bits per heavy atom. The van der Waals surface area contributed by atoms with E-state index in [1.807, 2.05) is 0 Å². The molecule has 0 amide bonds. The molecule has 0 nitrogen and oxygen atoms in total. The molecule has 0 heterocycles. The van der Waals surface area contributed by atoms with Crippen molar-refractivity contribution in [3.63, 3.8) is 0 Å². The molecule has 1 aliphatic carbocycles. The van der Waals surface area contributed by atoms with E-state index in [-0.39, 0.29) is 0 Å². The van der Waals surface area contributed by atoms with Gasteiger partial charge in [-0.15, -0.1) is 0 Å². The van der Waals surface area contributed by atoms with Gasteiger partial charge in [0.1, 0.15) is 0 Å². The molecule has 1 atom stereocenters. The topological polar surface area (TPSA) is 0 Å². The van der Waals surface area contributed by atoms with Gasteiger partial charge in [-0.2, -0.15) is 0 Å². The Balaban J connectivity index is 2.59. The van der Waals surface area contributed by atoms with E-state index in [2.05, 4.69) is 51.1 Å². The van der Waals surface area contributed by atoms with Crippen LogP contribution in [-0.4, -0.2) is 0 Å². The largest absolute Gasteiger partial charge is 0.0761 e. The molecule has 0 spiro atoms. The van der Waals surface area contributed by atoms with Crippen LogP contribution in [0.3, 0.4) is 0 Å². The molecule has 0 radical (unpaired) electrons. The van der Waals surface area contributed by atoms with Crippen LogP contribution in [0.25, 0.3) is 12.2 Å². The van der Waals surface area contributed by atoms with Crippen LogP contribution in [0.15, 0.2) is 18.2 Å². The quantitative estimate of drug-likeness (QED) is 0.632. The molecule has 0 aromatic heterocycles. The van der Waals surface area contributed by atoms with Crippen LogP contribution in [0.4, 0.5) is 0 Å². The minimum absolute atomic E-state index is 0.630. The Labute approximate surface area is 86.0 Å². The molecule has 0 bridgehead atoms. The first-order chi connectivity index (χ1) is 6.66. The maximum atomic E-state index is 2.39. The molecule has 14 heavy (non-hydrogen) atoms. The number of benzene rings is 1. The number of rotatable bonds is 1. The Morgan fingerprint density at radius 2 is 2.00 bits per heavy atom. The van der Waals surface area contributed by atoms with Crippen molar-refractivity contribution in [1.82, 2.24) is 0 Å². The Hall–Kier alpha value is -1.04. The van der Waals surface area contributed by atoms with Crippen LogP contribution in [0.2, 0.25) is 0 Å². The van der Waals surface area contributed by atoms with E-state index in [0.29, 0.717) is 11.8 Å². The Morgan fingerprint density at radius 1 is 1.21 bits per heavy atom. The Bertz CT molecular complexity index is 438. The van der Waals surface area contributed by atoms with Crippen molar-refractivity contribution in [3.8, 4) is 0 Å². The van der Waals surface area contributed by atoms with Crippen molar-refractivity contribution in [1.29, 1.82) is 0 Å². The van der Waals surface area contributed by atoms with Gasteiger partial charge in [-0.05, 0) is 34.3 Å². The highest BCUT2D eigenvalue weighted by Gasteiger charge is 2.03. The minimum Gasteiger partial charge on any atom is -0.0761 e. The molecule has 0 aliphatic heterocycles. The standard InChI is InChI=1S/C14H18/c1-10(2)13-7-6-12-5-4-11(3)8-14(12)9-13/h5-11H,4H2,1-3H3. The zero-order chi connectivity index (χ0) is 10.1. The predicted octanol–water partition coefficient (Wildman–Crippen LogP) is 2.41. The number of hydrogen-bond donors (Lipinski definition) is 0. The fourth-order valence-electron chi connectivity index (χ4n) is 1.97. The van der Waals surface area contributed by atoms with Gasteiger partial charge in [-0.1, -0.05) is 51.1 Å². The second kappa shape index (κ2) is 3.61. The molecule has 0 fully saturated rings. The lowest BCUT2D eigenvalue weighted by Gasteiger charge is -2.10. The predicted molar refractivity (Wildman–Crippen MR) is 62.5 cm³/mol. The highest BCUT2D eigenvalue weighted by molar-refractivity contribution is 5.41. The van der Waals surface area contributed by atoms with E-state index < -0.39 is 0 Å². The monoisotopic (exact) mass is 186 g/mol. The lowest BCUT2D eigenvalue weighted by molar-refractivity contribution is 0.798. The molecule has 0 saturated carbocycles. The molecule has 0 N–H and O–H groups in total. The van der Waals surface area contributed by atoms with E-state index in [1.54, 1.807) is 0 Å². The van der Waals surface area contributed by atoms with Gasteiger partial charge in [0, 0.05) is 0 Å². The van der Waals surface area contributed by atoms with Crippen molar-refractivity contribution in [3.05, 3.63) is 34.2 Å². The average Bonchev–Trinajstić information content (AvgIpc) is 2.16. The lowest BCUT2D eigenvalue weighted by atomic mass is 9.95. The molecule has 1 aliphatic rings. The van der Waals surface area contributed by atoms with E-state index in [0.717, 1.165) is 0 Å². The first-order valence-electron chi connectivity index (χ1n) is 5.49. The third kappa shape index (κ3) is 1.75. The summed E-state index contributed by atoms with van der Waals surface area (Å²) >= 11 is 0. The van der Waals surface area contributed by atoms with Gasteiger partial charge in [0.05, 0.1) is 0 Å². The van der Waals surface area contributed by atoms with Crippen molar-refractivity contribution in [2.45, 2.75) is 33.1 Å². The van der Waals surface area contributed by atoms with Crippen molar-refractivity contribution < 1.29 is 0 Å². The fourth-order valence-corrected chi connectivity index (χ4v) is 1.97. The first-order valence-corrected chi connectivity index (χ1v) is 5.49. The summed E-state index contributed by atoms with van der Waals surface area (Å²) in [4.78, 5) is 0. The van der Waals surface area contributed by atoms with Gasteiger partial charge >= 0.3 is 0 Å². The van der Waals surface area contributed by atoms with Crippen LogP contribution in [0.1, 0.15) is 38.7 Å². The van der Waals surface area contributed by atoms with Crippen molar-refractivity contribution in [2.75, 3.05) is 0 Å². The van der Waals surface area contributed by atoms with Crippen LogP contribution >= 0.6 is 0 Å². The summed E-state index contributed by atoms with van der Waals surface area (Å²) in [5, 5.41) is 2.84. The molecule has 0 saturated heterocycles. The molecule has 1 unspecified atom stereocenters. The lowest BCUT2D eigenvalue weighted by Crippen LogP contribution is -2.28. The summed E-state index contributed by atoms with van der Waals surface area (Å²) in [6.07, 6.45) is 5.93. The van der Waals surface area contributed by atoms with Gasteiger partial charge in [-0.3, -0.25) is 0 Å². The highest BCUT2D eigenvalue weighted by Crippen LogP contribution is 2.11. The maximum Gasteiger partial charge on any atom is -0.0218 e. The van der Waals surface area contributed by atoms with E-state index in [4.69, 9.17) is 0 Å². The van der Waals surface area contributed by atoms with Gasteiger partial charge in [0.25, 0.3) is 0 Å². The smallest absolute Gasteiger partial charge is 0.0218 e. The van der Waals surface area contributed by atoms with Gasteiger partial charge in [0.2, 0.25) is 0 Å². The molecular formula is C14H18. The van der Waals surface area contributed by atoms with Crippen LogP contribution in [-0.2, 0) is 0 Å². The number of hydrogen-bond acceptors (Lipinski definition) is 0. The Kier molecular flexibility index (Phi) is 2.45. The summed E-state index contributed by atoms with van der Waals surface area (Å²) in [5.41, 5.74) is 1.45. The van der Waals surface area contributed by atoms with Crippen molar-refractivity contribution >= 4 is 12.2 Å². The highest BCUT2D eigenvalue weighted by atomic mass is 14.1. The van der Waals surface area contributed by atoms with E-state index >= 15 is 0 Å².